The lowest BCUT2D eigenvalue weighted by Gasteiger charge is -2.34. The lowest BCUT2D eigenvalue weighted by atomic mass is 10.1. The molecule has 176 valence electrons. The van der Waals surface area contributed by atoms with Crippen molar-refractivity contribution in [3.63, 3.8) is 0 Å². The number of rotatable bonds is 7. The van der Waals surface area contributed by atoms with Gasteiger partial charge in [-0.2, -0.15) is 4.98 Å². The first kappa shape index (κ1) is 23.0. The number of ether oxygens (including phenoxy) is 3. The highest BCUT2D eigenvalue weighted by Gasteiger charge is 2.37. The predicted molar refractivity (Wildman–Crippen MR) is 120 cm³/mol. The smallest absolute Gasteiger partial charge is 0.410 e. The van der Waals surface area contributed by atoms with E-state index in [1.807, 2.05) is 51.1 Å². The van der Waals surface area contributed by atoms with Crippen molar-refractivity contribution in [3.8, 4) is 5.88 Å². The summed E-state index contributed by atoms with van der Waals surface area (Å²) in [6, 6.07) is 11.1. The second kappa shape index (κ2) is 10.2. The van der Waals surface area contributed by atoms with Crippen LogP contribution >= 0.6 is 0 Å². The second-order valence-electron chi connectivity index (χ2n) is 8.64. The molecule has 2 atom stereocenters. The topological polar surface area (TPSA) is 94.1 Å². The molecule has 0 bridgehead atoms. The van der Waals surface area contributed by atoms with E-state index in [4.69, 9.17) is 14.2 Å². The van der Waals surface area contributed by atoms with Crippen molar-refractivity contribution < 1.29 is 23.8 Å². The van der Waals surface area contributed by atoms with Gasteiger partial charge in [0.25, 0.3) is 0 Å². The van der Waals surface area contributed by atoms with Crippen molar-refractivity contribution in [2.75, 3.05) is 39.5 Å². The van der Waals surface area contributed by atoms with Gasteiger partial charge in [0.1, 0.15) is 31.7 Å². The molecule has 0 N–H and O–H groups in total. The number of cyclic esters (lactones) is 1. The van der Waals surface area contributed by atoms with Gasteiger partial charge in [0, 0.05) is 24.2 Å². The van der Waals surface area contributed by atoms with Crippen molar-refractivity contribution in [3.05, 3.63) is 53.5 Å². The number of aromatic nitrogens is 2. The van der Waals surface area contributed by atoms with Gasteiger partial charge in [-0.1, -0.05) is 44.2 Å². The third-order valence-electron chi connectivity index (χ3n) is 5.74. The number of carbonyl (C=O) groups excluding carboxylic acids is 2. The molecule has 33 heavy (non-hydrogen) atoms. The number of carbonyl (C=O) groups is 2. The SMILES string of the molecule is Cc1cc(OCC2CN(C(=O)CN3C(=O)OC[C@H]3c3ccccc3)CCO2)nc(C(C)C)n1. The summed E-state index contributed by atoms with van der Waals surface area (Å²) in [5.74, 6) is 1.30. The van der Waals surface area contributed by atoms with Crippen molar-refractivity contribution in [1.29, 1.82) is 0 Å². The fourth-order valence-corrected chi connectivity index (χ4v) is 3.94. The summed E-state index contributed by atoms with van der Waals surface area (Å²) < 4.78 is 16.9. The van der Waals surface area contributed by atoms with E-state index < -0.39 is 6.09 Å². The summed E-state index contributed by atoms with van der Waals surface area (Å²) in [6.07, 6.45) is -0.749. The zero-order valence-corrected chi connectivity index (χ0v) is 19.3. The molecule has 0 spiro atoms. The number of hydrogen-bond acceptors (Lipinski definition) is 7. The summed E-state index contributed by atoms with van der Waals surface area (Å²) in [5.41, 5.74) is 1.79. The van der Waals surface area contributed by atoms with Crippen LogP contribution in [0.25, 0.3) is 0 Å². The van der Waals surface area contributed by atoms with E-state index in [1.54, 1.807) is 11.0 Å². The lowest BCUT2D eigenvalue weighted by molar-refractivity contribution is -0.140. The normalized spacial score (nSPS) is 20.8. The Morgan fingerprint density at radius 2 is 2.03 bits per heavy atom. The van der Waals surface area contributed by atoms with Crippen LogP contribution in [0.3, 0.4) is 0 Å². The first-order valence-electron chi connectivity index (χ1n) is 11.3. The van der Waals surface area contributed by atoms with Crippen molar-refractivity contribution in [1.82, 2.24) is 19.8 Å². The monoisotopic (exact) mass is 454 g/mol. The molecule has 1 aromatic heterocycles. The number of benzene rings is 1. The van der Waals surface area contributed by atoms with E-state index in [9.17, 15) is 9.59 Å². The Labute approximate surface area is 193 Å². The highest BCUT2D eigenvalue weighted by atomic mass is 16.6. The van der Waals surface area contributed by atoms with Gasteiger partial charge >= 0.3 is 6.09 Å². The minimum Gasteiger partial charge on any atom is -0.475 e. The average molecular weight is 455 g/mol. The summed E-state index contributed by atoms with van der Waals surface area (Å²) in [4.78, 5) is 37.4. The first-order chi connectivity index (χ1) is 15.9. The van der Waals surface area contributed by atoms with Gasteiger partial charge < -0.3 is 19.1 Å². The quantitative estimate of drug-likeness (QED) is 0.635. The van der Waals surface area contributed by atoms with E-state index in [0.29, 0.717) is 25.6 Å². The first-order valence-corrected chi connectivity index (χ1v) is 11.3. The lowest BCUT2D eigenvalue weighted by Crippen LogP contribution is -2.50. The molecule has 4 rings (SSSR count). The number of hydrogen-bond donors (Lipinski definition) is 0. The molecular formula is C24H30N4O5. The Bertz CT molecular complexity index is 984. The highest BCUT2D eigenvalue weighted by Crippen LogP contribution is 2.27. The predicted octanol–water partition coefficient (Wildman–Crippen LogP) is 2.71. The molecule has 1 aromatic carbocycles. The van der Waals surface area contributed by atoms with Gasteiger partial charge in [0.15, 0.2) is 0 Å². The standard InChI is InChI=1S/C24H30N4O5/c1-16(2)23-25-17(3)11-21(26-23)32-14-19-12-27(9-10-31-19)22(29)13-28-20(15-33-24(28)30)18-7-5-4-6-8-18/h4-8,11,16,19-20H,9-10,12-15H2,1-3H3/t19?,20-/m0/s1. The molecule has 2 fully saturated rings. The van der Waals surface area contributed by atoms with Gasteiger partial charge in [-0.25, -0.2) is 9.78 Å². The van der Waals surface area contributed by atoms with Gasteiger partial charge in [-0.05, 0) is 12.5 Å². The summed E-state index contributed by atoms with van der Waals surface area (Å²) >= 11 is 0. The average Bonchev–Trinajstić information content (AvgIpc) is 3.18. The van der Waals surface area contributed by atoms with Gasteiger partial charge in [0.2, 0.25) is 11.8 Å². The van der Waals surface area contributed by atoms with E-state index in [1.165, 1.54) is 4.90 Å². The van der Waals surface area contributed by atoms with Crippen LogP contribution in [-0.4, -0.2) is 77.3 Å². The number of morpholine rings is 1. The minimum atomic E-state index is -0.467. The molecule has 9 nitrogen and oxygen atoms in total. The number of nitrogens with zero attached hydrogens (tertiary/aromatic N) is 4. The van der Waals surface area contributed by atoms with Crippen LogP contribution in [0.2, 0.25) is 0 Å². The third kappa shape index (κ3) is 5.60. The van der Waals surface area contributed by atoms with Crippen LogP contribution in [0.5, 0.6) is 5.88 Å². The molecule has 2 amide bonds. The Morgan fingerprint density at radius 3 is 2.79 bits per heavy atom. The van der Waals surface area contributed by atoms with Crippen molar-refractivity contribution in [2.45, 2.75) is 38.8 Å². The second-order valence-corrected chi connectivity index (χ2v) is 8.64. The maximum Gasteiger partial charge on any atom is 0.410 e. The molecular weight excluding hydrogens is 424 g/mol. The van der Waals surface area contributed by atoms with Gasteiger partial charge in [-0.15, -0.1) is 0 Å². The van der Waals surface area contributed by atoms with Crippen molar-refractivity contribution >= 4 is 12.0 Å². The molecule has 0 radical (unpaired) electrons. The molecule has 2 aliphatic rings. The molecule has 0 aliphatic carbocycles. The molecule has 2 aliphatic heterocycles. The van der Waals surface area contributed by atoms with E-state index in [2.05, 4.69) is 9.97 Å². The van der Waals surface area contributed by atoms with E-state index in [-0.39, 0.29) is 43.7 Å². The molecule has 0 saturated carbocycles. The van der Waals surface area contributed by atoms with E-state index in [0.717, 1.165) is 17.1 Å². The largest absolute Gasteiger partial charge is 0.475 e. The zero-order chi connectivity index (χ0) is 23.4. The fourth-order valence-electron chi connectivity index (χ4n) is 3.94. The summed E-state index contributed by atoms with van der Waals surface area (Å²) in [7, 11) is 0. The van der Waals surface area contributed by atoms with Crippen molar-refractivity contribution in [2.24, 2.45) is 0 Å². The van der Waals surface area contributed by atoms with Crippen LogP contribution in [0.4, 0.5) is 4.79 Å². The van der Waals surface area contributed by atoms with Crippen LogP contribution < -0.4 is 4.74 Å². The molecule has 3 heterocycles. The fraction of sp³-hybridized carbons (Fsp3) is 0.500. The highest BCUT2D eigenvalue weighted by molar-refractivity contribution is 5.83. The zero-order valence-electron chi connectivity index (χ0n) is 19.3. The third-order valence-corrected chi connectivity index (χ3v) is 5.74. The number of amides is 2. The van der Waals surface area contributed by atoms with Crippen LogP contribution in [0, 0.1) is 6.92 Å². The Kier molecular flexibility index (Phi) is 7.08. The maximum absolute atomic E-state index is 13.0. The van der Waals surface area contributed by atoms with Gasteiger partial charge in [0.05, 0.1) is 19.2 Å². The van der Waals surface area contributed by atoms with E-state index >= 15 is 0 Å². The summed E-state index contributed by atoms with van der Waals surface area (Å²) in [6.45, 7) is 7.72. The Hall–Kier alpha value is -3.20. The Balaban J connectivity index is 1.34. The van der Waals surface area contributed by atoms with Gasteiger partial charge in [-0.3, -0.25) is 9.69 Å². The molecule has 1 unspecified atom stereocenters. The Morgan fingerprint density at radius 1 is 1.24 bits per heavy atom. The molecule has 2 saturated heterocycles. The van der Waals surface area contributed by atoms with Crippen LogP contribution in [0.15, 0.2) is 36.4 Å². The van der Waals surface area contributed by atoms with Crippen LogP contribution in [0.1, 0.15) is 42.9 Å². The number of aryl methyl sites for hydroxylation is 1. The molecule has 2 aromatic rings. The van der Waals surface area contributed by atoms with Crippen LogP contribution in [-0.2, 0) is 14.3 Å². The summed E-state index contributed by atoms with van der Waals surface area (Å²) in [5, 5.41) is 0. The molecule has 9 heteroatoms. The maximum atomic E-state index is 13.0. The minimum absolute atomic E-state index is 0.0329.